The quantitative estimate of drug-likeness (QED) is 0.689. The van der Waals surface area contributed by atoms with Crippen molar-refractivity contribution < 1.29 is 9.53 Å². The molecule has 5 heteroatoms. The third-order valence-electron chi connectivity index (χ3n) is 2.78. The zero-order chi connectivity index (χ0) is 12.0. The van der Waals surface area contributed by atoms with Crippen molar-refractivity contribution in [3.05, 3.63) is 0 Å². The van der Waals surface area contributed by atoms with Crippen molar-refractivity contribution in [2.75, 3.05) is 26.2 Å². The minimum atomic E-state index is -0.285. The molecule has 0 aromatic rings. The van der Waals surface area contributed by atoms with Crippen molar-refractivity contribution in [2.24, 2.45) is 0 Å². The Kier molecular flexibility index (Phi) is 5.23. The molecule has 2 unspecified atom stereocenters. The number of esters is 1. The molecular formula is C11H19N3O2. The smallest absolute Gasteiger partial charge is 0.323 e. The predicted molar refractivity (Wildman–Crippen MR) is 59.7 cm³/mol. The lowest BCUT2D eigenvalue weighted by atomic mass is 10.1. The maximum absolute atomic E-state index is 11.7. The molecule has 2 atom stereocenters. The van der Waals surface area contributed by atoms with Crippen LogP contribution in [0.3, 0.4) is 0 Å². The van der Waals surface area contributed by atoms with Crippen molar-refractivity contribution in [3.8, 4) is 6.07 Å². The second kappa shape index (κ2) is 6.46. The van der Waals surface area contributed by atoms with Crippen LogP contribution in [-0.2, 0) is 9.53 Å². The molecule has 1 aliphatic heterocycles. The van der Waals surface area contributed by atoms with Crippen molar-refractivity contribution in [2.45, 2.75) is 32.4 Å². The largest absolute Gasteiger partial charge is 0.465 e. The summed E-state index contributed by atoms with van der Waals surface area (Å²) < 4.78 is 5.03. The molecule has 16 heavy (non-hydrogen) atoms. The predicted octanol–water partition coefficient (Wildman–Crippen LogP) is 0.125. The van der Waals surface area contributed by atoms with Crippen LogP contribution in [0.15, 0.2) is 0 Å². The van der Waals surface area contributed by atoms with E-state index in [0.29, 0.717) is 19.6 Å². The highest BCUT2D eigenvalue weighted by atomic mass is 16.5. The number of ether oxygens (including phenoxy) is 1. The molecule has 0 saturated carbocycles. The summed E-state index contributed by atoms with van der Waals surface area (Å²) >= 11 is 0. The van der Waals surface area contributed by atoms with Gasteiger partial charge in [-0.25, -0.2) is 0 Å². The Morgan fingerprint density at radius 3 is 3.00 bits per heavy atom. The van der Waals surface area contributed by atoms with Gasteiger partial charge in [-0.15, -0.1) is 0 Å². The molecule has 1 aliphatic rings. The summed E-state index contributed by atoms with van der Waals surface area (Å²) in [6.07, 6.45) is 0.678. The Morgan fingerprint density at radius 1 is 1.69 bits per heavy atom. The Bertz CT molecular complexity index is 275. The number of hydrogen-bond acceptors (Lipinski definition) is 5. The number of nitrogens with one attached hydrogen (secondary N) is 1. The van der Waals surface area contributed by atoms with E-state index in [0.717, 1.165) is 13.1 Å². The Labute approximate surface area is 96.4 Å². The topological polar surface area (TPSA) is 65.4 Å². The average Bonchev–Trinajstić information content (AvgIpc) is 2.31. The van der Waals surface area contributed by atoms with Gasteiger partial charge in [-0.2, -0.15) is 5.26 Å². The zero-order valence-corrected chi connectivity index (χ0v) is 9.90. The van der Waals surface area contributed by atoms with E-state index in [-0.39, 0.29) is 18.1 Å². The van der Waals surface area contributed by atoms with Crippen LogP contribution in [-0.4, -0.2) is 49.2 Å². The SMILES string of the molecule is CCOC(=O)C(CC)N1CCNCC1C#N. The van der Waals surface area contributed by atoms with Gasteiger partial charge in [0.15, 0.2) is 0 Å². The van der Waals surface area contributed by atoms with Crippen molar-refractivity contribution >= 4 is 5.97 Å². The third-order valence-corrected chi connectivity index (χ3v) is 2.78. The van der Waals surface area contributed by atoms with Gasteiger partial charge in [0.1, 0.15) is 12.1 Å². The van der Waals surface area contributed by atoms with Gasteiger partial charge in [0.25, 0.3) is 0 Å². The first-order valence-corrected chi connectivity index (χ1v) is 5.77. The monoisotopic (exact) mass is 225 g/mol. The number of piperazine rings is 1. The number of nitriles is 1. The highest BCUT2D eigenvalue weighted by Crippen LogP contribution is 2.12. The Hall–Kier alpha value is -1.12. The van der Waals surface area contributed by atoms with Gasteiger partial charge in [0.05, 0.1) is 12.7 Å². The van der Waals surface area contributed by atoms with Crippen molar-refractivity contribution in [1.82, 2.24) is 10.2 Å². The van der Waals surface area contributed by atoms with Gasteiger partial charge >= 0.3 is 5.97 Å². The molecule has 1 N–H and O–H groups in total. The molecule has 1 rings (SSSR count). The fraction of sp³-hybridized carbons (Fsp3) is 0.818. The first kappa shape index (κ1) is 12.9. The fourth-order valence-electron chi connectivity index (χ4n) is 1.99. The second-order valence-electron chi connectivity index (χ2n) is 3.76. The lowest BCUT2D eigenvalue weighted by molar-refractivity contribution is -0.150. The number of carbonyl (C=O) groups is 1. The van der Waals surface area contributed by atoms with E-state index in [9.17, 15) is 4.79 Å². The lowest BCUT2D eigenvalue weighted by Gasteiger charge is -2.36. The lowest BCUT2D eigenvalue weighted by Crippen LogP contribution is -2.56. The van der Waals surface area contributed by atoms with Crippen LogP contribution >= 0.6 is 0 Å². The first-order valence-electron chi connectivity index (χ1n) is 5.77. The molecular weight excluding hydrogens is 206 g/mol. The number of nitrogens with zero attached hydrogens (tertiary/aromatic N) is 2. The van der Waals surface area contributed by atoms with Crippen molar-refractivity contribution in [3.63, 3.8) is 0 Å². The van der Waals surface area contributed by atoms with Crippen LogP contribution in [0.25, 0.3) is 0 Å². The highest BCUT2D eigenvalue weighted by Gasteiger charge is 2.32. The van der Waals surface area contributed by atoms with E-state index >= 15 is 0 Å². The zero-order valence-electron chi connectivity index (χ0n) is 9.90. The summed E-state index contributed by atoms with van der Waals surface area (Å²) in [5, 5.41) is 12.2. The third kappa shape index (κ3) is 2.94. The van der Waals surface area contributed by atoms with Gasteiger partial charge in [-0.3, -0.25) is 9.69 Å². The van der Waals surface area contributed by atoms with Gasteiger partial charge < -0.3 is 10.1 Å². The summed E-state index contributed by atoms with van der Waals surface area (Å²) in [6, 6.07) is 1.70. The molecule has 0 spiro atoms. The molecule has 0 aromatic heterocycles. The van der Waals surface area contributed by atoms with Gasteiger partial charge in [-0.1, -0.05) is 6.92 Å². The Balaban J connectivity index is 2.69. The van der Waals surface area contributed by atoms with Gasteiger partial charge in [0, 0.05) is 19.6 Å². The van der Waals surface area contributed by atoms with E-state index in [4.69, 9.17) is 10.00 Å². The molecule has 0 bridgehead atoms. The fourth-order valence-corrected chi connectivity index (χ4v) is 1.99. The van der Waals surface area contributed by atoms with Crippen LogP contribution in [0.1, 0.15) is 20.3 Å². The van der Waals surface area contributed by atoms with Gasteiger partial charge in [-0.05, 0) is 13.3 Å². The van der Waals surface area contributed by atoms with E-state index < -0.39 is 0 Å². The summed E-state index contributed by atoms with van der Waals surface area (Å²) in [4.78, 5) is 13.7. The van der Waals surface area contributed by atoms with E-state index in [1.807, 2.05) is 11.8 Å². The van der Waals surface area contributed by atoms with E-state index in [2.05, 4.69) is 11.4 Å². The highest BCUT2D eigenvalue weighted by molar-refractivity contribution is 5.75. The van der Waals surface area contributed by atoms with Gasteiger partial charge in [0.2, 0.25) is 0 Å². The molecule has 1 heterocycles. The summed E-state index contributed by atoms with van der Waals surface area (Å²) in [5.41, 5.74) is 0. The standard InChI is InChI=1S/C11H19N3O2/c1-3-10(11(15)16-4-2)14-6-5-13-8-9(14)7-12/h9-10,13H,3-6,8H2,1-2H3. The maximum atomic E-state index is 11.7. The van der Waals surface area contributed by atoms with Crippen molar-refractivity contribution in [1.29, 1.82) is 5.26 Å². The first-order chi connectivity index (χ1) is 7.74. The Morgan fingerprint density at radius 2 is 2.44 bits per heavy atom. The molecule has 5 nitrogen and oxygen atoms in total. The molecule has 90 valence electrons. The maximum Gasteiger partial charge on any atom is 0.323 e. The minimum Gasteiger partial charge on any atom is -0.465 e. The number of rotatable bonds is 4. The molecule has 1 fully saturated rings. The molecule has 0 aromatic carbocycles. The molecule has 1 saturated heterocycles. The molecule has 0 radical (unpaired) electrons. The van der Waals surface area contributed by atoms with Crippen LogP contribution in [0.4, 0.5) is 0 Å². The van der Waals surface area contributed by atoms with Crippen LogP contribution in [0, 0.1) is 11.3 Å². The van der Waals surface area contributed by atoms with Crippen LogP contribution in [0.2, 0.25) is 0 Å². The number of hydrogen-bond donors (Lipinski definition) is 1. The van der Waals surface area contributed by atoms with E-state index in [1.165, 1.54) is 0 Å². The molecule has 0 amide bonds. The van der Waals surface area contributed by atoms with Crippen LogP contribution < -0.4 is 5.32 Å². The van der Waals surface area contributed by atoms with E-state index in [1.54, 1.807) is 6.92 Å². The number of carbonyl (C=O) groups excluding carboxylic acids is 1. The summed E-state index contributed by atoms with van der Waals surface area (Å²) in [5.74, 6) is -0.216. The second-order valence-corrected chi connectivity index (χ2v) is 3.76. The summed E-state index contributed by atoms with van der Waals surface area (Å²) in [6.45, 7) is 6.27. The average molecular weight is 225 g/mol. The van der Waals surface area contributed by atoms with Crippen LogP contribution in [0.5, 0.6) is 0 Å². The summed E-state index contributed by atoms with van der Waals surface area (Å²) in [7, 11) is 0. The molecule has 0 aliphatic carbocycles. The minimum absolute atomic E-state index is 0.216. The normalized spacial score (nSPS) is 23.4.